The Kier molecular flexibility index (Phi) is 4.70. The van der Waals surface area contributed by atoms with E-state index in [9.17, 15) is 9.59 Å². The van der Waals surface area contributed by atoms with E-state index in [1.54, 1.807) is 4.90 Å². The SMILES string of the molecule is CC(C)C(C)NC(=O)CN1C(=O)CSc2ccccc21. The topological polar surface area (TPSA) is 49.4 Å². The van der Waals surface area contributed by atoms with Gasteiger partial charge in [0.15, 0.2) is 0 Å². The summed E-state index contributed by atoms with van der Waals surface area (Å²) in [6, 6.07) is 7.81. The smallest absolute Gasteiger partial charge is 0.240 e. The molecule has 0 saturated carbocycles. The molecule has 0 spiro atoms. The van der Waals surface area contributed by atoms with Crippen molar-refractivity contribution in [2.24, 2.45) is 5.92 Å². The van der Waals surface area contributed by atoms with Gasteiger partial charge in [0, 0.05) is 10.9 Å². The highest BCUT2D eigenvalue weighted by Crippen LogP contribution is 2.34. The van der Waals surface area contributed by atoms with Crippen LogP contribution in [0.3, 0.4) is 0 Å². The van der Waals surface area contributed by atoms with Gasteiger partial charge in [-0.05, 0) is 25.0 Å². The lowest BCUT2D eigenvalue weighted by molar-refractivity contribution is -0.123. The predicted molar refractivity (Wildman–Crippen MR) is 82.0 cm³/mol. The van der Waals surface area contributed by atoms with Crippen molar-refractivity contribution in [2.45, 2.75) is 31.7 Å². The number of anilines is 1. The molecule has 1 aliphatic rings. The lowest BCUT2D eigenvalue weighted by atomic mass is 10.1. The van der Waals surface area contributed by atoms with Crippen LogP contribution in [0, 0.1) is 5.92 Å². The van der Waals surface area contributed by atoms with E-state index in [0.29, 0.717) is 11.7 Å². The first-order valence-corrected chi connectivity index (χ1v) is 7.79. The molecule has 1 atom stereocenters. The number of hydrogen-bond acceptors (Lipinski definition) is 3. The van der Waals surface area contributed by atoms with Gasteiger partial charge in [-0.3, -0.25) is 9.59 Å². The van der Waals surface area contributed by atoms with E-state index < -0.39 is 0 Å². The van der Waals surface area contributed by atoms with Gasteiger partial charge in [-0.25, -0.2) is 0 Å². The van der Waals surface area contributed by atoms with Crippen molar-refractivity contribution in [1.29, 1.82) is 0 Å². The number of thioether (sulfide) groups is 1. The molecule has 2 amide bonds. The van der Waals surface area contributed by atoms with Crippen LogP contribution in [0.1, 0.15) is 20.8 Å². The van der Waals surface area contributed by atoms with Crippen LogP contribution >= 0.6 is 11.8 Å². The monoisotopic (exact) mass is 292 g/mol. The van der Waals surface area contributed by atoms with Crippen LogP contribution < -0.4 is 10.2 Å². The molecule has 2 rings (SSSR count). The number of hydrogen-bond donors (Lipinski definition) is 1. The zero-order valence-corrected chi connectivity index (χ0v) is 12.9. The summed E-state index contributed by atoms with van der Waals surface area (Å²) in [5.41, 5.74) is 0.834. The Bertz CT molecular complexity index is 516. The lowest BCUT2D eigenvalue weighted by Crippen LogP contribution is -2.46. The number of fused-ring (bicyclic) bond motifs is 1. The molecule has 4 nitrogen and oxygen atoms in total. The molecule has 0 aliphatic carbocycles. The van der Waals surface area contributed by atoms with Crippen LogP contribution in [-0.2, 0) is 9.59 Å². The van der Waals surface area contributed by atoms with Crippen LogP contribution in [0.25, 0.3) is 0 Å². The predicted octanol–water partition coefficient (Wildman–Crippen LogP) is 2.29. The quantitative estimate of drug-likeness (QED) is 0.926. The highest BCUT2D eigenvalue weighted by molar-refractivity contribution is 8.00. The van der Waals surface area contributed by atoms with E-state index in [1.165, 1.54) is 11.8 Å². The van der Waals surface area contributed by atoms with E-state index in [-0.39, 0.29) is 24.4 Å². The van der Waals surface area contributed by atoms with Crippen LogP contribution in [-0.4, -0.2) is 30.2 Å². The summed E-state index contributed by atoms with van der Waals surface area (Å²) in [5.74, 6) is 0.644. The fraction of sp³-hybridized carbons (Fsp3) is 0.467. The van der Waals surface area contributed by atoms with Gasteiger partial charge in [0.05, 0.1) is 11.4 Å². The van der Waals surface area contributed by atoms with Gasteiger partial charge in [-0.1, -0.05) is 26.0 Å². The zero-order valence-electron chi connectivity index (χ0n) is 12.1. The van der Waals surface area contributed by atoms with Crippen LogP contribution in [0.15, 0.2) is 29.2 Å². The number of carbonyl (C=O) groups is 2. The first-order valence-electron chi connectivity index (χ1n) is 6.80. The molecule has 0 aromatic heterocycles. The fourth-order valence-corrected chi connectivity index (χ4v) is 2.87. The maximum atomic E-state index is 12.1. The molecule has 1 aromatic rings. The number of nitrogens with one attached hydrogen (secondary N) is 1. The summed E-state index contributed by atoms with van der Waals surface area (Å²) >= 11 is 1.52. The number of carbonyl (C=O) groups excluding carboxylic acids is 2. The Morgan fingerprint density at radius 1 is 1.35 bits per heavy atom. The normalized spacial score (nSPS) is 16.0. The van der Waals surface area contributed by atoms with Crippen molar-refractivity contribution < 1.29 is 9.59 Å². The summed E-state index contributed by atoms with van der Waals surface area (Å²) in [6.45, 7) is 6.18. The van der Waals surface area contributed by atoms with Crippen molar-refractivity contribution in [3.8, 4) is 0 Å². The maximum Gasteiger partial charge on any atom is 0.240 e. The van der Waals surface area contributed by atoms with Gasteiger partial charge < -0.3 is 10.2 Å². The van der Waals surface area contributed by atoms with Crippen molar-refractivity contribution in [3.63, 3.8) is 0 Å². The molecule has 5 heteroatoms. The molecule has 0 bridgehead atoms. The second kappa shape index (κ2) is 6.31. The van der Waals surface area contributed by atoms with E-state index in [0.717, 1.165) is 10.6 Å². The lowest BCUT2D eigenvalue weighted by Gasteiger charge is -2.29. The highest BCUT2D eigenvalue weighted by atomic mass is 32.2. The standard InChI is InChI=1S/C15H20N2O2S/c1-10(2)11(3)16-14(18)8-17-12-6-4-5-7-13(12)20-9-15(17)19/h4-7,10-11H,8-9H2,1-3H3,(H,16,18). The van der Waals surface area contributed by atoms with Crippen molar-refractivity contribution in [3.05, 3.63) is 24.3 Å². The molecular weight excluding hydrogens is 272 g/mol. The van der Waals surface area contributed by atoms with Crippen LogP contribution in [0.2, 0.25) is 0 Å². The van der Waals surface area contributed by atoms with Gasteiger partial charge in [0.1, 0.15) is 6.54 Å². The third-order valence-corrected chi connectivity index (χ3v) is 4.55. The molecule has 0 radical (unpaired) electrons. The van der Waals surface area contributed by atoms with E-state index >= 15 is 0 Å². The molecule has 1 aromatic carbocycles. The van der Waals surface area contributed by atoms with Gasteiger partial charge in [0.25, 0.3) is 0 Å². The number of para-hydroxylation sites is 1. The van der Waals surface area contributed by atoms with Crippen LogP contribution in [0.5, 0.6) is 0 Å². The largest absolute Gasteiger partial charge is 0.352 e. The van der Waals surface area contributed by atoms with Crippen molar-refractivity contribution in [2.75, 3.05) is 17.2 Å². The Labute approximate surface area is 123 Å². The van der Waals surface area contributed by atoms with Crippen molar-refractivity contribution in [1.82, 2.24) is 5.32 Å². The Morgan fingerprint density at radius 3 is 2.75 bits per heavy atom. The van der Waals surface area contributed by atoms with E-state index in [4.69, 9.17) is 0 Å². The average Bonchev–Trinajstić information content (AvgIpc) is 2.42. The molecule has 1 N–H and O–H groups in total. The summed E-state index contributed by atoms with van der Waals surface area (Å²) < 4.78 is 0. The van der Waals surface area contributed by atoms with Crippen LogP contribution in [0.4, 0.5) is 5.69 Å². The first-order chi connectivity index (χ1) is 9.49. The summed E-state index contributed by atoms with van der Waals surface area (Å²) in [4.78, 5) is 26.7. The molecular formula is C15H20N2O2S. The molecule has 0 fully saturated rings. The Morgan fingerprint density at radius 2 is 2.05 bits per heavy atom. The Hall–Kier alpha value is -1.49. The molecule has 1 unspecified atom stereocenters. The molecule has 108 valence electrons. The van der Waals surface area contributed by atoms with E-state index in [2.05, 4.69) is 19.2 Å². The number of benzene rings is 1. The Balaban J connectivity index is 2.09. The first kappa shape index (κ1) is 14.9. The average molecular weight is 292 g/mol. The molecule has 1 heterocycles. The summed E-state index contributed by atoms with van der Waals surface area (Å²) in [7, 11) is 0. The van der Waals surface area contributed by atoms with Gasteiger partial charge in [0.2, 0.25) is 11.8 Å². The molecule has 1 aliphatic heterocycles. The number of rotatable bonds is 4. The third-order valence-electron chi connectivity index (χ3n) is 3.50. The fourth-order valence-electron chi connectivity index (χ4n) is 1.94. The van der Waals surface area contributed by atoms with E-state index in [1.807, 2.05) is 31.2 Å². The van der Waals surface area contributed by atoms with Gasteiger partial charge in [-0.15, -0.1) is 11.8 Å². The molecule has 0 saturated heterocycles. The highest BCUT2D eigenvalue weighted by Gasteiger charge is 2.26. The number of amides is 2. The second-order valence-electron chi connectivity index (χ2n) is 5.34. The molecule has 20 heavy (non-hydrogen) atoms. The maximum absolute atomic E-state index is 12.1. The summed E-state index contributed by atoms with van der Waals surface area (Å²) in [5, 5.41) is 2.94. The minimum atomic E-state index is -0.110. The minimum absolute atomic E-state index is 0.0129. The van der Waals surface area contributed by atoms with Gasteiger partial charge in [-0.2, -0.15) is 0 Å². The van der Waals surface area contributed by atoms with Crippen molar-refractivity contribution >= 4 is 29.3 Å². The summed E-state index contributed by atoms with van der Waals surface area (Å²) in [6.07, 6.45) is 0. The minimum Gasteiger partial charge on any atom is -0.352 e. The second-order valence-corrected chi connectivity index (χ2v) is 6.35. The zero-order chi connectivity index (χ0) is 14.7. The number of nitrogens with zero attached hydrogens (tertiary/aromatic N) is 1. The third kappa shape index (κ3) is 3.33. The van der Waals surface area contributed by atoms with Gasteiger partial charge >= 0.3 is 0 Å².